The molecule has 4 saturated carbocycles. The Labute approximate surface area is 192 Å². The molecule has 4 aliphatic rings. The lowest BCUT2D eigenvalue weighted by atomic mass is 9.53. The first-order chi connectivity index (χ1) is 15.1. The second-order valence-electron chi connectivity index (χ2n) is 11.6. The summed E-state index contributed by atoms with van der Waals surface area (Å²) in [6, 6.07) is 0. The zero-order chi connectivity index (χ0) is 21.9. The first-order valence-electron chi connectivity index (χ1n) is 14.1. The van der Waals surface area contributed by atoms with Crippen LogP contribution in [0.5, 0.6) is 0 Å². The van der Waals surface area contributed by atoms with E-state index in [0.717, 1.165) is 49.9 Å². The average molecular weight is 434 g/mol. The summed E-state index contributed by atoms with van der Waals surface area (Å²) in [6.45, 7) is 2.28. The van der Waals surface area contributed by atoms with Crippen molar-refractivity contribution < 1.29 is 9.90 Å². The second-order valence-corrected chi connectivity index (χ2v) is 11.6. The first kappa shape index (κ1) is 25.1. The van der Waals surface area contributed by atoms with Crippen molar-refractivity contribution >= 4 is 5.91 Å². The number of hydrogen-bond donors (Lipinski definition) is 2. The molecule has 180 valence electrons. The van der Waals surface area contributed by atoms with E-state index >= 15 is 0 Å². The number of aliphatic hydroxyl groups excluding tert-OH is 1. The van der Waals surface area contributed by atoms with Crippen LogP contribution in [0, 0.1) is 17.8 Å². The van der Waals surface area contributed by atoms with Crippen LogP contribution in [-0.2, 0) is 4.79 Å². The molecule has 3 nitrogen and oxygen atoms in total. The maximum atomic E-state index is 12.6. The van der Waals surface area contributed by atoms with Gasteiger partial charge >= 0.3 is 0 Å². The lowest BCUT2D eigenvalue weighted by Gasteiger charge is -2.57. The summed E-state index contributed by atoms with van der Waals surface area (Å²) in [7, 11) is 0. The average Bonchev–Trinajstić information content (AvgIpc) is 2.72. The van der Waals surface area contributed by atoms with Crippen molar-refractivity contribution in [2.24, 2.45) is 17.8 Å². The van der Waals surface area contributed by atoms with Gasteiger partial charge in [0.1, 0.15) is 6.10 Å². The Morgan fingerprint density at radius 3 is 1.55 bits per heavy atom. The van der Waals surface area contributed by atoms with Gasteiger partial charge in [-0.3, -0.25) is 4.79 Å². The van der Waals surface area contributed by atoms with Crippen LogP contribution in [0.3, 0.4) is 0 Å². The highest BCUT2D eigenvalue weighted by atomic mass is 16.3. The van der Waals surface area contributed by atoms with Crippen molar-refractivity contribution in [1.82, 2.24) is 5.32 Å². The molecular weight excluding hydrogens is 382 g/mol. The van der Waals surface area contributed by atoms with Gasteiger partial charge in [-0.25, -0.2) is 0 Å². The van der Waals surface area contributed by atoms with Crippen molar-refractivity contribution in [3.05, 3.63) is 0 Å². The highest BCUT2D eigenvalue weighted by Gasteiger charge is 2.51. The van der Waals surface area contributed by atoms with Gasteiger partial charge in [-0.15, -0.1) is 0 Å². The molecule has 0 aromatic carbocycles. The predicted molar refractivity (Wildman–Crippen MR) is 130 cm³/mol. The smallest absolute Gasteiger partial charge is 0.249 e. The number of rotatable bonds is 17. The fourth-order valence-corrected chi connectivity index (χ4v) is 7.27. The molecule has 0 aliphatic heterocycles. The topological polar surface area (TPSA) is 49.3 Å². The van der Waals surface area contributed by atoms with Gasteiger partial charge in [-0.05, 0) is 62.7 Å². The van der Waals surface area contributed by atoms with Gasteiger partial charge in [-0.1, -0.05) is 96.8 Å². The van der Waals surface area contributed by atoms with Crippen LogP contribution in [0.15, 0.2) is 0 Å². The Morgan fingerprint density at radius 2 is 1.13 bits per heavy atom. The molecule has 0 heterocycles. The molecule has 0 radical (unpaired) electrons. The van der Waals surface area contributed by atoms with Crippen LogP contribution in [0.4, 0.5) is 0 Å². The Bertz CT molecular complexity index is 482. The third-order valence-electron chi connectivity index (χ3n) is 8.56. The van der Waals surface area contributed by atoms with Crippen LogP contribution in [0.25, 0.3) is 0 Å². The van der Waals surface area contributed by atoms with E-state index in [1.807, 2.05) is 0 Å². The van der Waals surface area contributed by atoms with E-state index in [1.54, 1.807) is 0 Å². The molecule has 0 aromatic rings. The summed E-state index contributed by atoms with van der Waals surface area (Å²) in [5, 5.41) is 13.7. The van der Waals surface area contributed by atoms with E-state index in [2.05, 4.69) is 12.2 Å². The summed E-state index contributed by atoms with van der Waals surface area (Å²) in [4.78, 5) is 12.6. The minimum atomic E-state index is -0.801. The molecule has 4 bridgehead atoms. The van der Waals surface area contributed by atoms with Crippen molar-refractivity contribution in [2.45, 2.75) is 153 Å². The van der Waals surface area contributed by atoms with Crippen molar-refractivity contribution in [3.8, 4) is 0 Å². The maximum Gasteiger partial charge on any atom is 0.249 e. The van der Waals surface area contributed by atoms with Crippen molar-refractivity contribution in [2.75, 3.05) is 0 Å². The molecule has 0 saturated heterocycles. The molecule has 0 spiro atoms. The minimum Gasteiger partial charge on any atom is -0.383 e. The number of carbonyl (C=O) groups excluding carboxylic acids is 1. The monoisotopic (exact) mass is 433 g/mol. The van der Waals surface area contributed by atoms with E-state index in [4.69, 9.17) is 0 Å². The van der Waals surface area contributed by atoms with Gasteiger partial charge in [-0.2, -0.15) is 0 Å². The molecule has 1 atom stereocenters. The normalized spacial score (nSPS) is 29.9. The lowest BCUT2D eigenvalue weighted by Crippen LogP contribution is -2.61. The zero-order valence-electron chi connectivity index (χ0n) is 20.5. The highest BCUT2D eigenvalue weighted by Crippen LogP contribution is 2.55. The van der Waals surface area contributed by atoms with Crippen LogP contribution in [0.1, 0.15) is 142 Å². The summed E-state index contributed by atoms with van der Waals surface area (Å²) < 4.78 is 0. The fraction of sp³-hybridized carbons (Fsp3) is 0.964. The molecular formula is C28H51NO2. The Morgan fingerprint density at radius 1 is 0.742 bits per heavy atom. The van der Waals surface area contributed by atoms with Crippen LogP contribution in [-0.4, -0.2) is 22.7 Å². The molecule has 2 N–H and O–H groups in total. The van der Waals surface area contributed by atoms with Crippen LogP contribution in [0.2, 0.25) is 0 Å². The largest absolute Gasteiger partial charge is 0.383 e. The van der Waals surface area contributed by atoms with Crippen molar-refractivity contribution in [1.29, 1.82) is 0 Å². The van der Waals surface area contributed by atoms with Gasteiger partial charge < -0.3 is 10.4 Å². The third-order valence-corrected chi connectivity index (χ3v) is 8.56. The third kappa shape index (κ3) is 8.37. The van der Waals surface area contributed by atoms with Crippen LogP contribution < -0.4 is 5.32 Å². The highest BCUT2D eigenvalue weighted by molar-refractivity contribution is 5.81. The van der Waals surface area contributed by atoms with Gasteiger partial charge in [0.25, 0.3) is 0 Å². The van der Waals surface area contributed by atoms with Gasteiger partial charge in [0.05, 0.1) is 0 Å². The Balaban J connectivity index is 1.14. The molecule has 1 amide bonds. The molecule has 4 rings (SSSR count). The number of nitrogens with one attached hydrogen (secondary N) is 1. The standard InChI is InChI=1S/C28H51NO2/c1-2-3-4-5-6-7-8-9-10-11-12-13-14-15-16-26(30)27(31)29-28-20-23-17-24(21-28)19-25(18-23)22-28/h23-26,30H,2-22H2,1H3,(H,29,31). The van der Waals surface area contributed by atoms with E-state index in [9.17, 15) is 9.90 Å². The fourth-order valence-electron chi connectivity index (χ4n) is 7.27. The molecule has 1 unspecified atom stereocenters. The zero-order valence-corrected chi connectivity index (χ0v) is 20.5. The number of amides is 1. The molecule has 31 heavy (non-hydrogen) atoms. The molecule has 3 heteroatoms. The number of aliphatic hydroxyl groups is 1. The van der Waals surface area contributed by atoms with Gasteiger partial charge in [0.15, 0.2) is 0 Å². The minimum absolute atomic E-state index is 0.0301. The Hall–Kier alpha value is -0.570. The summed E-state index contributed by atoms with van der Waals surface area (Å²) in [5.74, 6) is 2.40. The Kier molecular flexibility index (Phi) is 10.7. The van der Waals surface area contributed by atoms with Gasteiger partial charge in [0.2, 0.25) is 5.91 Å². The number of carbonyl (C=O) groups is 1. The maximum absolute atomic E-state index is 12.6. The SMILES string of the molecule is CCCCCCCCCCCCCCCCC(O)C(=O)NC12CC3CC(CC(C3)C1)C2. The van der Waals surface area contributed by atoms with E-state index in [0.29, 0.717) is 6.42 Å². The van der Waals surface area contributed by atoms with Gasteiger partial charge in [0, 0.05) is 5.54 Å². The molecule has 0 aromatic heterocycles. The first-order valence-corrected chi connectivity index (χ1v) is 14.1. The molecule has 4 fully saturated rings. The van der Waals surface area contributed by atoms with E-state index < -0.39 is 6.10 Å². The predicted octanol–water partition coefficient (Wildman–Crippen LogP) is 7.30. The second kappa shape index (κ2) is 13.2. The van der Waals surface area contributed by atoms with E-state index in [-0.39, 0.29) is 11.4 Å². The molecule has 4 aliphatic carbocycles. The summed E-state index contributed by atoms with van der Waals surface area (Å²) >= 11 is 0. The summed E-state index contributed by atoms with van der Waals surface area (Å²) in [6.07, 6.45) is 26.2. The van der Waals surface area contributed by atoms with Crippen molar-refractivity contribution in [3.63, 3.8) is 0 Å². The lowest BCUT2D eigenvalue weighted by molar-refractivity contribution is -0.135. The summed E-state index contributed by atoms with van der Waals surface area (Å²) in [5.41, 5.74) is 0.0301. The number of unbranched alkanes of at least 4 members (excludes halogenated alkanes) is 13. The van der Waals surface area contributed by atoms with E-state index in [1.165, 1.54) is 96.3 Å². The quantitative estimate of drug-likeness (QED) is 0.236. The van der Waals surface area contributed by atoms with Crippen LogP contribution >= 0.6 is 0 Å². The number of hydrogen-bond acceptors (Lipinski definition) is 2.